The molecule has 0 bridgehead atoms. The SMILES string of the molecule is CCOC(=O)CCc1cc(-c2cnccn2)n(C)n1. The number of hydrogen-bond donors (Lipinski definition) is 0. The average Bonchev–Trinajstić information content (AvgIpc) is 2.79. The van der Waals surface area contributed by atoms with E-state index < -0.39 is 0 Å². The van der Waals surface area contributed by atoms with E-state index in [1.165, 1.54) is 0 Å². The molecule has 0 saturated carbocycles. The highest BCUT2D eigenvalue weighted by molar-refractivity contribution is 5.69. The van der Waals surface area contributed by atoms with Crippen molar-refractivity contribution in [2.24, 2.45) is 7.05 Å². The van der Waals surface area contributed by atoms with Gasteiger partial charge in [0.1, 0.15) is 5.69 Å². The van der Waals surface area contributed by atoms with Crippen molar-refractivity contribution in [3.63, 3.8) is 0 Å². The maximum Gasteiger partial charge on any atom is 0.306 e. The van der Waals surface area contributed by atoms with E-state index in [-0.39, 0.29) is 5.97 Å². The molecule has 0 aromatic carbocycles. The molecule has 19 heavy (non-hydrogen) atoms. The van der Waals surface area contributed by atoms with E-state index in [2.05, 4.69) is 15.1 Å². The number of carbonyl (C=O) groups is 1. The topological polar surface area (TPSA) is 69.9 Å². The Morgan fingerprint density at radius 3 is 2.95 bits per heavy atom. The molecule has 0 N–H and O–H groups in total. The van der Waals surface area contributed by atoms with Crippen molar-refractivity contribution < 1.29 is 9.53 Å². The average molecular weight is 260 g/mol. The first-order valence-electron chi connectivity index (χ1n) is 6.15. The Kier molecular flexibility index (Phi) is 4.22. The first-order valence-corrected chi connectivity index (χ1v) is 6.15. The van der Waals surface area contributed by atoms with Gasteiger partial charge in [-0.15, -0.1) is 0 Å². The largest absolute Gasteiger partial charge is 0.466 e. The number of nitrogens with zero attached hydrogens (tertiary/aromatic N) is 4. The van der Waals surface area contributed by atoms with Crippen molar-refractivity contribution in [3.05, 3.63) is 30.4 Å². The minimum Gasteiger partial charge on any atom is -0.466 e. The number of carbonyl (C=O) groups excluding carboxylic acids is 1. The number of esters is 1. The van der Waals surface area contributed by atoms with Crippen LogP contribution >= 0.6 is 0 Å². The van der Waals surface area contributed by atoms with Crippen molar-refractivity contribution in [1.82, 2.24) is 19.7 Å². The minimum atomic E-state index is -0.200. The van der Waals surface area contributed by atoms with Crippen molar-refractivity contribution in [1.29, 1.82) is 0 Å². The molecule has 0 unspecified atom stereocenters. The molecule has 0 amide bonds. The van der Waals surface area contributed by atoms with Gasteiger partial charge in [0.05, 0.1) is 30.6 Å². The van der Waals surface area contributed by atoms with E-state index in [1.54, 1.807) is 30.2 Å². The molecule has 100 valence electrons. The fraction of sp³-hybridized carbons (Fsp3) is 0.385. The smallest absolute Gasteiger partial charge is 0.306 e. The standard InChI is InChI=1S/C13H16N4O2/c1-3-19-13(18)5-4-10-8-12(17(2)16-10)11-9-14-6-7-15-11/h6-9H,3-5H2,1-2H3. The zero-order valence-corrected chi connectivity index (χ0v) is 11.0. The number of ether oxygens (including phenoxy) is 1. The zero-order valence-electron chi connectivity index (χ0n) is 11.0. The van der Waals surface area contributed by atoms with E-state index in [0.29, 0.717) is 19.4 Å². The summed E-state index contributed by atoms with van der Waals surface area (Å²) in [5, 5.41) is 4.36. The maximum absolute atomic E-state index is 11.3. The van der Waals surface area contributed by atoms with Gasteiger partial charge >= 0.3 is 5.97 Å². The van der Waals surface area contributed by atoms with Crippen molar-refractivity contribution in [3.8, 4) is 11.4 Å². The van der Waals surface area contributed by atoms with E-state index in [9.17, 15) is 4.79 Å². The molecule has 6 heteroatoms. The minimum absolute atomic E-state index is 0.200. The summed E-state index contributed by atoms with van der Waals surface area (Å²) in [7, 11) is 1.85. The van der Waals surface area contributed by atoms with Gasteiger partial charge in [0.2, 0.25) is 0 Å². The fourth-order valence-electron chi connectivity index (χ4n) is 1.78. The summed E-state index contributed by atoms with van der Waals surface area (Å²) in [6, 6.07) is 1.92. The summed E-state index contributed by atoms with van der Waals surface area (Å²) in [5.41, 5.74) is 2.49. The van der Waals surface area contributed by atoms with Gasteiger partial charge in [-0.1, -0.05) is 0 Å². The summed E-state index contributed by atoms with van der Waals surface area (Å²) in [5.74, 6) is -0.200. The third kappa shape index (κ3) is 3.37. The molecule has 0 atom stereocenters. The van der Waals surface area contributed by atoms with Gasteiger partial charge in [-0.3, -0.25) is 19.4 Å². The Labute approximate surface area is 111 Å². The summed E-state index contributed by atoms with van der Waals surface area (Å²) < 4.78 is 6.63. The van der Waals surface area contributed by atoms with Crippen LogP contribution in [0, 0.1) is 0 Å². The predicted molar refractivity (Wildman–Crippen MR) is 69.2 cm³/mol. The molecule has 0 aliphatic rings. The third-order valence-electron chi connectivity index (χ3n) is 2.65. The number of aryl methyl sites for hydroxylation is 2. The first-order chi connectivity index (χ1) is 9.20. The number of hydrogen-bond acceptors (Lipinski definition) is 5. The zero-order chi connectivity index (χ0) is 13.7. The van der Waals surface area contributed by atoms with Gasteiger partial charge in [0.15, 0.2) is 0 Å². The van der Waals surface area contributed by atoms with Gasteiger partial charge in [-0.2, -0.15) is 5.10 Å². The highest BCUT2D eigenvalue weighted by Gasteiger charge is 2.10. The van der Waals surface area contributed by atoms with Crippen molar-refractivity contribution >= 4 is 5.97 Å². The van der Waals surface area contributed by atoms with Crippen LogP contribution in [0.1, 0.15) is 19.0 Å². The van der Waals surface area contributed by atoms with Gasteiger partial charge in [-0.05, 0) is 13.0 Å². The monoisotopic (exact) mass is 260 g/mol. The molecule has 2 heterocycles. The van der Waals surface area contributed by atoms with Gasteiger partial charge in [0.25, 0.3) is 0 Å². The van der Waals surface area contributed by atoms with Gasteiger partial charge in [-0.25, -0.2) is 0 Å². The summed E-state index contributed by atoms with van der Waals surface area (Å²) in [6.45, 7) is 2.21. The van der Waals surface area contributed by atoms with Crippen molar-refractivity contribution in [2.75, 3.05) is 6.61 Å². The highest BCUT2D eigenvalue weighted by atomic mass is 16.5. The molecule has 0 aliphatic carbocycles. The molecule has 2 aromatic rings. The van der Waals surface area contributed by atoms with Crippen LogP contribution in [0.25, 0.3) is 11.4 Å². The number of aromatic nitrogens is 4. The van der Waals surface area contributed by atoms with Crippen molar-refractivity contribution in [2.45, 2.75) is 19.8 Å². The second kappa shape index (κ2) is 6.08. The van der Waals surface area contributed by atoms with Crippen LogP contribution in [-0.2, 0) is 23.0 Å². The van der Waals surface area contributed by atoms with E-state index in [4.69, 9.17) is 4.74 Å². The number of rotatable bonds is 5. The third-order valence-corrected chi connectivity index (χ3v) is 2.65. The molecule has 0 saturated heterocycles. The fourth-order valence-corrected chi connectivity index (χ4v) is 1.78. The normalized spacial score (nSPS) is 10.4. The van der Waals surface area contributed by atoms with Crippen LogP contribution in [0.3, 0.4) is 0 Å². The maximum atomic E-state index is 11.3. The Morgan fingerprint density at radius 2 is 2.26 bits per heavy atom. The lowest BCUT2D eigenvalue weighted by atomic mass is 10.2. The molecule has 0 spiro atoms. The first kappa shape index (κ1) is 13.2. The molecule has 2 aromatic heterocycles. The molecule has 0 aliphatic heterocycles. The summed E-state index contributed by atoms with van der Waals surface area (Å²) in [6.07, 6.45) is 5.85. The highest BCUT2D eigenvalue weighted by Crippen LogP contribution is 2.16. The molecule has 0 radical (unpaired) electrons. The molecule has 0 fully saturated rings. The second-order valence-corrected chi connectivity index (χ2v) is 4.04. The molecule has 6 nitrogen and oxygen atoms in total. The molecule has 2 rings (SSSR count). The van der Waals surface area contributed by atoms with Gasteiger partial charge < -0.3 is 4.74 Å². The lowest BCUT2D eigenvalue weighted by Crippen LogP contribution is -2.05. The van der Waals surface area contributed by atoms with Crippen LogP contribution in [0.4, 0.5) is 0 Å². The predicted octanol–water partition coefficient (Wildman–Crippen LogP) is 1.37. The van der Waals surface area contributed by atoms with Crippen LogP contribution in [0.15, 0.2) is 24.7 Å². The Morgan fingerprint density at radius 1 is 1.42 bits per heavy atom. The Balaban J connectivity index is 2.07. The lowest BCUT2D eigenvalue weighted by molar-refractivity contribution is -0.143. The van der Waals surface area contributed by atoms with Crippen LogP contribution in [-0.4, -0.2) is 32.3 Å². The van der Waals surface area contributed by atoms with E-state index in [0.717, 1.165) is 17.1 Å². The van der Waals surface area contributed by atoms with Crippen LogP contribution < -0.4 is 0 Å². The second-order valence-electron chi connectivity index (χ2n) is 4.04. The lowest BCUT2D eigenvalue weighted by Gasteiger charge is -1.98. The Hall–Kier alpha value is -2.24. The summed E-state index contributed by atoms with van der Waals surface area (Å²) >= 11 is 0. The molecular formula is C13H16N4O2. The van der Waals surface area contributed by atoms with Gasteiger partial charge in [0, 0.05) is 25.9 Å². The van der Waals surface area contributed by atoms with Crippen LogP contribution in [0.5, 0.6) is 0 Å². The van der Waals surface area contributed by atoms with Crippen LogP contribution in [0.2, 0.25) is 0 Å². The van der Waals surface area contributed by atoms with E-state index >= 15 is 0 Å². The molecular weight excluding hydrogens is 244 g/mol. The Bertz CT molecular complexity index is 551. The quantitative estimate of drug-likeness (QED) is 0.759. The van der Waals surface area contributed by atoms with E-state index in [1.807, 2.05) is 13.1 Å². The summed E-state index contributed by atoms with van der Waals surface area (Å²) in [4.78, 5) is 19.6.